The highest BCUT2D eigenvalue weighted by Gasteiger charge is 2.30. The van der Waals surface area contributed by atoms with Gasteiger partial charge in [0.2, 0.25) is 5.91 Å². The van der Waals surface area contributed by atoms with Gasteiger partial charge in [-0.2, -0.15) is 0 Å². The SMILES string of the molecule is CCc1ccccc1N(C(C)=O)c1nc(CSc2nnc(-c3cccnc3)n2C2CC2)cs1. The van der Waals surface area contributed by atoms with E-state index >= 15 is 0 Å². The topological polar surface area (TPSA) is 76.8 Å². The number of aromatic nitrogens is 5. The van der Waals surface area contributed by atoms with E-state index in [2.05, 4.69) is 32.7 Å². The Hall–Kier alpha value is -3.04. The number of pyridine rings is 1. The lowest BCUT2D eigenvalue weighted by Crippen LogP contribution is -2.23. The van der Waals surface area contributed by atoms with Gasteiger partial charge in [0, 0.05) is 42.1 Å². The minimum atomic E-state index is -0.0426. The number of thiazole rings is 1. The van der Waals surface area contributed by atoms with Crippen molar-refractivity contribution in [2.24, 2.45) is 0 Å². The van der Waals surface area contributed by atoms with Crippen LogP contribution < -0.4 is 4.90 Å². The van der Waals surface area contributed by atoms with Gasteiger partial charge in [-0.05, 0) is 43.0 Å². The maximum atomic E-state index is 12.5. The molecule has 1 aliphatic rings. The van der Waals surface area contributed by atoms with Crippen LogP contribution in [0, 0.1) is 0 Å². The number of amides is 1. The van der Waals surface area contributed by atoms with Crippen LogP contribution in [0.1, 0.15) is 44.0 Å². The Kier molecular flexibility index (Phi) is 6.24. The van der Waals surface area contributed by atoms with E-state index in [1.807, 2.05) is 41.9 Å². The molecule has 0 atom stereocenters. The lowest BCUT2D eigenvalue weighted by molar-refractivity contribution is -0.115. The highest BCUT2D eigenvalue weighted by atomic mass is 32.2. The lowest BCUT2D eigenvalue weighted by atomic mass is 10.1. The van der Waals surface area contributed by atoms with Crippen molar-refractivity contribution in [1.29, 1.82) is 0 Å². The number of para-hydroxylation sites is 1. The first-order chi connectivity index (χ1) is 16.2. The summed E-state index contributed by atoms with van der Waals surface area (Å²) in [6, 6.07) is 12.4. The largest absolute Gasteiger partial charge is 0.299 e. The molecule has 33 heavy (non-hydrogen) atoms. The summed E-state index contributed by atoms with van der Waals surface area (Å²) in [5.74, 6) is 1.49. The molecule has 7 nitrogen and oxygen atoms in total. The molecule has 0 bridgehead atoms. The van der Waals surface area contributed by atoms with Crippen molar-refractivity contribution in [3.05, 3.63) is 65.4 Å². The van der Waals surface area contributed by atoms with Gasteiger partial charge in [-0.1, -0.05) is 36.9 Å². The van der Waals surface area contributed by atoms with Crippen molar-refractivity contribution in [2.45, 2.75) is 50.1 Å². The highest BCUT2D eigenvalue weighted by molar-refractivity contribution is 7.98. The first kappa shape index (κ1) is 21.8. The Bertz CT molecular complexity index is 1260. The predicted molar refractivity (Wildman–Crippen MR) is 132 cm³/mol. The van der Waals surface area contributed by atoms with Crippen molar-refractivity contribution in [2.75, 3.05) is 4.90 Å². The summed E-state index contributed by atoms with van der Waals surface area (Å²) in [5.41, 5.74) is 3.93. The zero-order chi connectivity index (χ0) is 22.8. The van der Waals surface area contributed by atoms with Crippen LogP contribution in [0.15, 0.2) is 59.3 Å². The van der Waals surface area contributed by atoms with E-state index in [0.29, 0.717) is 16.9 Å². The van der Waals surface area contributed by atoms with Crippen molar-refractivity contribution in [3.8, 4) is 11.4 Å². The molecule has 0 radical (unpaired) electrons. The van der Waals surface area contributed by atoms with Crippen LogP contribution in [0.3, 0.4) is 0 Å². The maximum absolute atomic E-state index is 12.5. The van der Waals surface area contributed by atoms with Crippen molar-refractivity contribution in [1.82, 2.24) is 24.7 Å². The van der Waals surface area contributed by atoms with E-state index in [-0.39, 0.29) is 5.91 Å². The first-order valence-corrected chi connectivity index (χ1v) is 12.8. The van der Waals surface area contributed by atoms with Gasteiger partial charge in [0.25, 0.3) is 0 Å². The molecule has 1 aromatic carbocycles. The normalized spacial score (nSPS) is 13.3. The molecular formula is C24H24N6OS2. The summed E-state index contributed by atoms with van der Waals surface area (Å²) in [5, 5.41) is 12.5. The Labute approximate surface area is 200 Å². The van der Waals surface area contributed by atoms with Crippen LogP contribution in [-0.2, 0) is 17.0 Å². The molecule has 0 unspecified atom stereocenters. The van der Waals surface area contributed by atoms with Crippen molar-refractivity contribution >= 4 is 39.8 Å². The third kappa shape index (κ3) is 4.56. The summed E-state index contributed by atoms with van der Waals surface area (Å²) in [6.07, 6.45) is 6.73. The van der Waals surface area contributed by atoms with Gasteiger partial charge < -0.3 is 0 Å². The molecule has 0 saturated heterocycles. The fourth-order valence-electron chi connectivity index (χ4n) is 3.77. The summed E-state index contributed by atoms with van der Waals surface area (Å²) in [7, 11) is 0. The molecule has 3 heterocycles. The van der Waals surface area contributed by atoms with Crippen LogP contribution >= 0.6 is 23.1 Å². The van der Waals surface area contributed by atoms with Gasteiger partial charge in [0.15, 0.2) is 16.1 Å². The van der Waals surface area contributed by atoms with E-state index < -0.39 is 0 Å². The zero-order valence-corrected chi connectivity index (χ0v) is 20.1. The fourth-order valence-corrected chi connectivity index (χ4v) is 5.65. The molecule has 9 heteroatoms. The van der Waals surface area contributed by atoms with Crippen LogP contribution in [0.2, 0.25) is 0 Å². The van der Waals surface area contributed by atoms with Crippen LogP contribution in [0.25, 0.3) is 11.4 Å². The monoisotopic (exact) mass is 476 g/mol. The Morgan fingerprint density at radius 1 is 1.21 bits per heavy atom. The third-order valence-corrected chi connectivity index (χ3v) is 7.36. The number of aryl methyl sites for hydroxylation is 1. The van der Waals surface area contributed by atoms with Gasteiger partial charge in [-0.15, -0.1) is 21.5 Å². The second kappa shape index (κ2) is 9.44. The molecular weight excluding hydrogens is 452 g/mol. The van der Waals surface area contributed by atoms with E-state index in [4.69, 9.17) is 4.98 Å². The molecule has 168 valence electrons. The molecule has 1 amide bonds. The fraction of sp³-hybridized carbons (Fsp3) is 0.292. The molecule has 0 N–H and O–H groups in total. The van der Waals surface area contributed by atoms with E-state index in [0.717, 1.165) is 52.8 Å². The van der Waals surface area contributed by atoms with Crippen molar-refractivity contribution < 1.29 is 4.79 Å². The van der Waals surface area contributed by atoms with Crippen molar-refractivity contribution in [3.63, 3.8) is 0 Å². The average molecular weight is 477 g/mol. The minimum absolute atomic E-state index is 0.0426. The number of rotatable bonds is 8. The number of anilines is 2. The van der Waals surface area contributed by atoms with Crippen LogP contribution in [0.5, 0.6) is 0 Å². The summed E-state index contributed by atoms with van der Waals surface area (Å²) in [4.78, 5) is 23.3. The quantitative estimate of drug-likeness (QED) is 0.305. The first-order valence-electron chi connectivity index (χ1n) is 11.0. The smallest absolute Gasteiger partial charge is 0.230 e. The van der Waals surface area contributed by atoms with Gasteiger partial charge in [0.05, 0.1) is 11.4 Å². The molecule has 0 aliphatic heterocycles. The Balaban J connectivity index is 1.37. The maximum Gasteiger partial charge on any atom is 0.230 e. The van der Waals surface area contributed by atoms with Gasteiger partial charge in [-0.25, -0.2) is 4.98 Å². The second-order valence-electron chi connectivity index (χ2n) is 7.90. The summed E-state index contributed by atoms with van der Waals surface area (Å²) < 4.78 is 2.23. The summed E-state index contributed by atoms with van der Waals surface area (Å²) in [6.45, 7) is 3.68. The standard InChI is InChI=1S/C24H24N6OS2/c1-3-17-7-4-5-9-21(17)29(16(2)31)23-26-19(14-32-23)15-33-24-28-27-22(30(24)20-10-11-20)18-8-6-12-25-13-18/h4-9,12-14,20H,3,10-11,15H2,1-2H3. The predicted octanol–water partition coefficient (Wildman–Crippen LogP) is 5.67. The number of thioether (sulfide) groups is 1. The Morgan fingerprint density at radius 3 is 2.79 bits per heavy atom. The zero-order valence-electron chi connectivity index (χ0n) is 18.5. The number of carbonyl (C=O) groups is 1. The van der Waals surface area contributed by atoms with Gasteiger partial charge in [-0.3, -0.25) is 19.2 Å². The van der Waals surface area contributed by atoms with Crippen LogP contribution in [0.4, 0.5) is 10.8 Å². The number of benzene rings is 1. The highest BCUT2D eigenvalue weighted by Crippen LogP contribution is 2.41. The summed E-state index contributed by atoms with van der Waals surface area (Å²) >= 11 is 3.12. The molecule has 0 spiro atoms. The number of carbonyl (C=O) groups excluding carboxylic acids is 1. The minimum Gasteiger partial charge on any atom is -0.299 e. The molecule has 1 aliphatic carbocycles. The molecule has 5 rings (SSSR count). The Morgan fingerprint density at radius 2 is 2.06 bits per heavy atom. The number of hydrogen-bond acceptors (Lipinski definition) is 7. The van der Waals surface area contributed by atoms with E-state index in [1.54, 1.807) is 29.8 Å². The molecule has 3 aromatic heterocycles. The second-order valence-corrected chi connectivity index (χ2v) is 9.67. The molecule has 1 saturated carbocycles. The average Bonchev–Trinajstić information content (AvgIpc) is 3.42. The number of hydrogen-bond donors (Lipinski definition) is 0. The number of nitrogens with zero attached hydrogens (tertiary/aromatic N) is 6. The molecule has 1 fully saturated rings. The van der Waals surface area contributed by atoms with Gasteiger partial charge in [0.1, 0.15) is 0 Å². The van der Waals surface area contributed by atoms with E-state index in [9.17, 15) is 4.79 Å². The third-order valence-electron chi connectivity index (χ3n) is 5.50. The van der Waals surface area contributed by atoms with Gasteiger partial charge >= 0.3 is 0 Å². The molecule has 4 aromatic rings. The van der Waals surface area contributed by atoms with Crippen LogP contribution in [-0.4, -0.2) is 30.6 Å². The lowest BCUT2D eigenvalue weighted by Gasteiger charge is -2.20. The van der Waals surface area contributed by atoms with E-state index in [1.165, 1.54) is 11.3 Å².